The van der Waals surface area contributed by atoms with E-state index in [1.165, 1.54) is 22.3 Å². The van der Waals surface area contributed by atoms with Crippen LogP contribution in [0.15, 0.2) is 169 Å². The second kappa shape index (κ2) is 16.4. The van der Waals surface area contributed by atoms with Crippen molar-refractivity contribution in [2.24, 2.45) is 4.99 Å². The van der Waals surface area contributed by atoms with Crippen molar-refractivity contribution in [3.8, 4) is 22.3 Å². The van der Waals surface area contributed by atoms with Gasteiger partial charge in [0.05, 0.1) is 5.71 Å². The molecule has 4 aromatic rings. The Morgan fingerprint density at radius 2 is 1.33 bits per heavy atom. The number of aliphatic imine (C=N–C) groups is 1. The number of benzene rings is 4. The molecule has 46 heavy (non-hydrogen) atoms. The van der Waals surface area contributed by atoms with E-state index in [1.807, 2.05) is 18.2 Å². The Labute approximate surface area is 280 Å². The molecule has 0 aliphatic carbocycles. The molecule has 0 N–H and O–H groups in total. The number of hydrogen-bond acceptors (Lipinski definition) is 1. The number of hydrogen-bond donors (Lipinski definition) is 0. The minimum absolute atomic E-state index is 0.239. The van der Waals surface area contributed by atoms with E-state index in [0.29, 0.717) is 0 Å². The number of nitrogens with zero attached hydrogens (tertiary/aromatic N) is 1. The van der Waals surface area contributed by atoms with Crippen LogP contribution in [0.25, 0.3) is 33.4 Å². The van der Waals surface area contributed by atoms with Gasteiger partial charge in [0.2, 0.25) is 0 Å². The molecule has 0 atom stereocenters. The Morgan fingerprint density at radius 1 is 0.717 bits per heavy atom. The van der Waals surface area contributed by atoms with Gasteiger partial charge in [-0.05, 0) is 102 Å². The van der Waals surface area contributed by atoms with Crippen LogP contribution in [-0.2, 0) is 6.42 Å². The molecule has 0 heterocycles. The van der Waals surface area contributed by atoms with Gasteiger partial charge in [-0.1, -0.05) is 152 Å². The standard InChI is InChI=1S/C44H42ClN/c1-8-10-12-16-32(5)36-24-26-38(27-25-36)40-28-39(37-22-20-35(21-23-37)18-13-11-9-2)29-41(30-40)44(46-34(7)45)43(31(3)4)42-19-15-14-17-33(42)6/h8-17,19-30H,1-2,7,18H2,3-6H3/b12-10-,13-11-,32-16+,46-44-. The zero-order valence-corrected chi connectivity index (χ0v) is 28.1. The Balaban J connectivity index is 1.92. The number of aryl methyl sites for hydroxylation is 1. The van der Waals surface area contributed by atoms with E-state index in [-0.39, 0.29) is 5.16 Å². The van der Waals surface area contributed by atoms with Crippen molar-refractivity contribution in [2.75, 3.05) is 0 Å². The molecule has 1 nitrogen and oxygen atoms in total. The SMILES string of the molecule is C=C/C=C\C=C(/C)c1ccc(-c2cc(/C(=N/C(=C)Cl)C(=C(C)C)c3ccccc3C)cc(-c3ccc(C/C=C\C=C)cc3)c2)cc1. The smallest absolute Gasteiger partial charge is 0.122 e. The van der Waals surface area contributed by atoms with Gasteiger partial charge in [-0.3, -0.25) is 0 Å². The fourth-order valence-electron chi connectivity index (χ4n) is 5.40. The van der Waals surface area contributed by atoms with Gasteiger partial charge in [-0.2, -0.15) is 0 Å². The molecule has 0 spiro atoms. The van der Waals surface area contributed by atoms with Gasteiger partial charge in [0.25, 0.3) is 0 Å². The Morgan fingerprint density at radius 3 is 1.89 bits per heavy atom. The van der Waals surface area contributed by atoms with Crippen LogP contribution in [0, 0.1) is 6.92 Å². The summed E-state index contributed by atoms with van der Waals surface area (Å²) >= 11 is 6.44. The lowest BCUT2D eigenvalue weighted by Crippen LogP contribution is -2.08. The van der Waals surface area contributed by atoms with Gasteiger partial charge in [0.15, 0.2) is 0 Å². The van der Waals surface area contributed by atoms with Crippen LogP contribution in [0.4, 0.5) is 0 Å². The maximum absolute atomic E-state index is 6.44. The van der Waals surface area contributed by atoms with Crippen molar-refractivity contribution in [3.63, 3.8) is 0 Å². The second-order valence-corrected chi connectivity index (χ2v) is 11.9. The maximum atomic E-state index is 6.44. The average Bonchev–Trinajstić information content (AvgIpc) is 3.05. The van der Waals surface area contributed by atoms with E-state index in [2.05, 4.69) is 151 Å². The molecular weight excluding hydrogens is 578 g/mol. The van der Waals surface area contributed by atoms with E-state index in [0.717, 1.165) is 56.7 Å². The van der Waals surface area contributed by atoms with Gasteiger partial charge < -0.3 is 0 Å². The highest BCUT2D eigenvalue weighted by atomic mass is 35.5. The van der Waals surface area contributed by atoms with Crippen LogP contribution in [0.2, 0.25) is 0 Å². The van der Waals surface area contributed by atoms with Crippen molar-refractivity contribution in [3.05, 3.63) is 192 Å². The molecule has 0 bridgehead atoms. The van der Waals surface area contributed by atoms with Crippen LogP contribution in [0.5, 0.6) is 0 Å². The lowest BCUT2D eigenvalue weighted by atomic mass is 9.87. The van der Waals surface area contributed by atoms with Crippen LogP contribution in [-0.4, -0.2) is 5.71 Å². The normalized spacial score (nSPS) is 12.0. The molecular formula is C44H42ClN. The first-order valence-corrected chi connectivity index (χ1v) is 15.9. The van der Waals surface area contributed by atoms with Crippen molar-refractivity contribution in [1.29, 1.82) is 0 Å². The highest BCUT2D eigenvalue weighted by molar-refractivity contribution is 6.36. The van der Waals surface area contributed by atoms with Gasteiger partial charge >= 0.3 is 0 Å². The average molecular weight is 620 g/mol. The number of halogens is 1. The Hall–Kier alpha value is -4.98. The minimum Gasteiger partial charge on any atom is -0.236 e. The van der Waals surface area contributed by atoms with Crippen LogP contribution in [0.1, 0.15) is 48.6 Å². The second-order valence-electron chi connectivity index (χ2n) is 11.4. The predicted octanol–water partition coefficient (Wildman–Crippen LogP) is 12.8. The van der Waals surface area contributed by atoms with E-state index >= 15 is 0 Å². The van der Waals surface area contributed by atoms with Gasteiger partial charge in [0, 0.05) is 11.1 Å². The molecule has 0 saturated heterocycles. The summed E-state index contributed by atoms with van der Waals surface area (Å²) in [5.74, 6) is 0. The molecule has 0 fully saturated rings. The fraction of sp³-hybridized carbons (Fsp3) is 0.114. The first-order chi connectivity index (χ1) is 22.2. The topological polar surface area (TPSA) is 12.4 Å². The zero-order chi connectivity index (χ0) is 33.1. The molecule has 4 aromatic carbocycles. The highest BCUT2D eigenvalue weighted by Gasteiger charge is 2.19. The molecule has 2 heteroatoms. The predicted molar refractivity (Wildman–Crippen MR) is 204 cm³/mol. The largest absolute Gasteiger partial charge is 0.236 e. The summed E-state index contributed by atoms with van der Waals surface area (Å²) < 4.78 is 0. The van der Waals surface area contributed by atoms with Gasteiger partial charge in [0.1, 0.15) is 5.16 Å². The lowest BCUT2D eigenvalue weighted by Gasteiger charge is -2.19. The number of rotatable bonds is 12. The van der Waals surface area contributed by atoms with Crippen LogP contribution < -0.4 is 0 Å². The third-order valence-electron chi connectivity index (χ3n) is 7.77. The van der Waals surface area contributed by atoms with Crippen molar-refractivity contribution in [1.82, 2.24) is 0 Å². The fourth-order valence-corrected chi connectivity index (χ4v) is 5.49. The van der Waals surface area contributed by atoms with Crippen molar-refractivity contribution in [2.45, 2.75) is 34.1 Å². The highest BCUT2D eigenvalue weighted by Crippen LogP contribution is 2.34. The van der Waals surface area contributed by atoms with Crippen molar-refractivity contribution < 1.29 is 0 Å². The Kier molecular flexibility index (Phi) is 12.1. The monoisotopic (exact) mass is 619 g/mol. The third-order valence-corrected chi connectivity index (χ3v) is 7.86. The summed E-state index contributed by atoms with van der Waals surface area (Å²) in [4.78, 5) is 4.88. The van der Waals surface area contributed by atoms with Crippen LogP contribution in [0.3, 0.4) is 0 Å². The quantitative estimate of drug-likeness (QED) is 0.0849. The summed E-state index contributed by atoms with van der Waals surface area (Å²) in [6, 6.07) is 32.5. The Bertz CT molecular complexity index is 1870. The molecule has 0 saturated carbocycles. The van der Waals surface area contributed by atoms with Gasteiger partial charge in [-0.25, -0.2) is 4.99 Å². The first kappa shape index (κ1) is 33.9. The van der Waals surface area contributed by atoms with Crippen molar-refractivity contribution >= 4 is 28.5 Å². The van der Waals surface area contributed by atoms with E-state index in [1.54, 1.807) is 12.2 Å². The molecule has 0 unspecified atom stereocenters. The molecule has 0 radical (unpaired) electrons. The zero-order valence-electron chi connectivity index (χ0n) is 27.4. The minimum atomic E-state index is 0.239. The summed E-state index contributed by atoms with van der Waals surface area (Å²) in [7, 11) is 0. The summed E-state index contributed by atoms with van der Waals surface area (Å²) in [5, 5.41) is 0.239. The summed E-state index contributed by atoms with van der Waals surface area (Å²) in [6.07, 6.45) is 14.6. The lowest BCUT2D eigenvalue weighted by molar-refractivity contribution is 1.27. The summed E-state index contributed by atoms with van der Waals surface area (Å²) in [5.41, 5.74) is 14.3. The van der Waals surface area contributed by atoms with E-state index < -0.39 is 0 Å². The molecule has 230 valence electrons. The van der Waals surface area contributed by atoms with Crippen LogP contribution >= 0.6 is 11.6 Å². The van der Waals surface area contributed by atoms with Gasteiger partial charge in [-0.15, -0.1) is 0 Å². The third kappa shape index (κ3) is 8.81. The van der Waals surface area contributed by atoms with E-state index in [4.69, 9.17) is 16.6 Å². The maximum Gasteiger partial charge on any atom is 0.122 e. The molecule has 0 amide bonds. The molecule has 0 aliphatic rings. The number of allylic oxidation sites excluding steroid dienone is 10. The molecule has 4 rings (SSSR count). The molecule has 0 aromatic heterocycles. The van der Waals surface area contributed by atoms with E-state index in [9.17, 15) is 0 Å². The first-order valence-electron chi connectivity index (χ1n) is 15.5. The summed E-state index contributed by atoms with van der Waals surface area (Å²) in [6.45, 7) is 20.0. The molecule has 0 aliphatic heterocycles.